The van der Waals surface area contributed by atoms with E-state index in [0.29, 0.717) is 45.6 Å². The predicted octanol–water partition coefficient (Wildman–Crippen LogP) is 3.83. The smallest absolute Gasteiger partial charge is 0.320 e. The van der Waals surface area contributed by atoms with E-state index < -0.39 is 53.6 Å². The highest BCUT2D eigenvalue weighted by molar-refractivity contribution is 5.94. The Balaban J connectivity index is 1.11. The van der Waals surface area contributed by atoms with Gasteiger partial charge in [0.25, 0.3) is 0 Å². The summed E-state index contributed by atoms with van der Waals surface area (Å²) < 4.78 is 0. The first kappa shape index (κ1) is 57.1. The largest absolute Gasteiger partial charge is 0.480 e. The molecule has 4 unspecified atom stereocenters. The second kappa shape index (κ2) is 29.0. The number of primary amides is 1. The topological polar surface area (TPSA) is 256 Å². The molecule has 2 aromatic carbocycles. The number of nitrogens with one attached hydrogen (secondary N) is 3. The lowest BCUT2D eigenvalue weighted by Gasteiger charge is -2.37. The second-order valence-corrected chi connectivity index (χ2v) is 20.0. The first-order valence-electron chi connectivity index (χ1n) is 25.9. The Morgan fingerprint density at radius 1 is 0.736 bits per heavy atom. The number of carboxylic acid groups (broad SMARTS) is 2. The van der Waals surface area contributed by atoms with Gasteiger partial charge in [-0.1, -0.05) is 62.7 Å². The van der Waals surface area contributed by atoms with E-state index in [0.717, 1.165) is 73.2 Å². The molecule has 3 amide bonds. The van der Waals surface area contributed by atoms with E-state index in [1.807, 2.05) is 78.4 Å². The highest BCUT2D eigenvalue weighted by Gasteiger charge is 2.34. The molecule has 2 aliphatic heterocycles. The van der Waals surface area contributed by atoms with Crippen LogP contribution in [-0.2, 0) is 57.7 Å². The Labute approximate surface area is 423 Å². The van der Waals surface area contributed by atoms with E-state index in [2.05, 4.69) is 25.4 Å². The maximum absolute atomic E-state index is 14.1. The van der Waals surface area contributed by atoms with Crippen LogP contribution in [0.15, 0.2) is 54.7 Å². The normalized spacial score (nSPS) is 19.3. The quantitative estimate of drug-likeness (QED) is 0.0635. The van der Waals surface area contributed by atoms with Gasteiger partial charge in [-0.3, -0.25) is 43.4 Å². The number of hydrogen-bond donors (Lipinski definition) is 6. The summed E-state index contributed by atoms with van der Waals surface area (Å²) in [7, 11) is 0. The number of benzene rings is 2. The molecule has 0 radical (unpaired) electrons. The second-order valence-electron chi connectivity index (χ2n) is 20.0. The number of carbonyl (C=O) groups is 8. The Kier molecular flexibility index (Phi) is 23.0. The van der Waals surface area contributed by atoms with E-state index in [1.54, 1.807) is 0 Å². The number of H-pyrrole nitrogens is 1. The summed E-state index contributed by atoms with van der Waals surface area (Å²) in [6.07, 6.45) is 5.03. The number of ketones is 3. The van der Waals surface area contributed by atoms with Crippen molar-refractivity contribution in [1.29, 1.82) is 0 Å². The minimum atomic E-state index is -0.935. The summed E-state index contributed by atoms with van der Waals surface area (Å²) in [6, 6.07) is 13.4. The van der Waals surface area contributed by atoms with Crippen LogP contribution in [0, 0.1) is 17.8 Å². The molecule has 7 atom stereocenters. The first-order valence-corrected chi connectivity index (χ1v) is 25.9. The van der Waals surface area contributed by atoms with E-state index >= 15 is 0 Å². The highest BCUT2D eigenvalue weighted by atomic mass is 16.4. The molecule has 0 saturated carbocycles. The van der Waals surface area contributed by atoms with Gasteiger partial charge in [-0.05, 0) is 87.2 Å². The summed E-state index contributed by atoms with van der Waals surface area (Å²) in [5.41, 5.74) is 8.95. The number of aryl methyl sites for hydroxylation is 1. The van der Waals surface area contributed by atoms with Crippen LogP contribution in [-0.4, -0.2) is 166 Å². The van der Waals surface area contributed by atoms with Crippen LogP contribution in [0.1, 0.15) is 102 Å². The van der Waals surface area contributed by atoms with Gasteiger partial charge < -0.3 is 46.2 Å². The van der Waals surface area contributed by atoms with Crippen molar-refractivity contribution in [3.8, 4) is 0 Å². The highest BCUT2D eigenvalue weighted by Crippen LogP contribution is 2.25. The number of aliphatic carboxylic acids is 2. The lowest BCUT2D eigenvalue weighted by molar-refractivity contribution is -0.144. The maximum Gasteiger partial charge on any atom is 0.320 e. The van der Waals surface area contributed by atoms with Crippen molar-refractivity contribution in [3.63, 3.8) is 0 Å². The molecule has 0 spiro atoms. The third-order valence-corrected chi connectivity index (χ3v) is 14.5. The lowest BCUT2D eigenvalue weighted by atomic mass is 9.86. The van der Waals surface area contributed by atoms with Gasteiger partial charge in [-0.15, -0.1) is 0 Å². The molecular formula is C54H78N8O10. The van der Waals surface area contributed by atoms with Gasteiger partial charge in [0.1, 0.15) is 17.6 Å². The summed E-state index contributed by atoms with van der Waals surface area (Å²) in [4.78, 5) is 115. The maximum atomic E-state index is 14.1. The molecule has 3 heterocycles. The predicted molar refractivity (Wildman–Crippen MR) is 274 cm³/mol. The van der Waals surface area contributed by atoms with Crippen molar-refractivity contribution in [1.82, 2.24) is 35.2 Å². The number of nitrogens with two attached hydrogens (primary N) is 1. The minimum absolute atomic E-state index is 0.00866. The molecular weight excluding hydrogens is 921 g/mol. The number of hydrogen-bond acceptors (Lipinski definition) is 12. The van der Waals surface area contributed by atoms with Crippen molar-refractivity contribution in [2.45, 2.75) is 116 Å². The van der Waals surface area contributed by atoms with Crippen molar-refractivity contribution >= 4 is 57.9 Å². The van der Waals surface area contributed by atoms with Crippen LogP contribution in [0.5, 0.6) is 0 Å². The van der Waals surface area contributed by atoms with Crippen LogP contribution < -0.4 is 16.4 Å². The number of para-hydroxylation sites is 1. The number of fused-ring (bicyclic) bond motifs is 4. The fourth-order valence-corrected chi connectivity index (χ4v) is 9.96. The first-order chi connectivity index (χ1) is 34.5. The number of Topliss-reactive ketones (excluding diaryl/α,β-unsaturated/α-hetero) is 3. The number of carbonyl (C=O) groups excluding carboxylic acids is 6. The van der Waals surface area contributed by atoms with E-state index in [1.165, 1.54) is 6.92 Å². The Morgan fingerprint density at radius 2 is 1.40 bits per heavy atom. The van der Waals surface area contributed by atoms with E-state index in [4.69, 9.17) is 5.73 Å². The van der Waals surface area contributed by atoms with Crippen LogP contribution >= 0.6 is 0 Å². The van der Waals surface area contributed by atoms with E-state index in [9.17, 15) is 48.6 Å². The van der Waals surface area contributed by atoms with E-state index in [-0.39, 0.29) is 87.7 Å². The van der Waals surface area contributed by atoms with Gasteiger partial charge in [0.05, 0.1) is 12.6 Å². The minimum Gasteiger partial charge on any atom is -0.480 e. The lowest BCUT2D eigenvalue weighted by Crippen LogP contribution is -2.50. The van der Waals surface area contributed by atoms with Crippen LogP contribution in [0.3, 0.4) is 0 Å². The van der Waals surface area contributed by atoms with Crippen LogP contribution in [0.2, 0.25) is 0 Å². The molecule has 2 fully saturated rings. The third kappa shape index (κ3) is 18.7. The summed E-state index contributed by atoms with van der Waals surface area (Å²) in [5, 5.41) is 26.5. The van der Waals surface area contributed by atoms with Gasteiger partial charge in [0.2, 0.25) is 17.7 Å². The number of aromatic nitrogens is 1. The number of aromatic amines is 1. The van der Waals surface area contributed by atoms with Crippen molar-refractivity contribution in [2.75, 3.05) is 72.0 Å². The fraction of sp³-hybridized carbons (Fsp3) is 0.593. The molecule has 5 rings (SSSR count). The molecule has 18 nitrogen and oxygen atoms in total. The average Bonchev–Trinajstić information content (AvgIpc) is 3.76. The molecule has 3 aromatic rings. The SMILES string of the molecule is CCC(C)[C@H](NC(=O)[C@@H](CC(C)=O)Cc1c[nH]c2ccccc12)C(=O)C[C@@H](CCC(N)=O)C(=O)NCc1ccc(CCC(=O)CCC(C(=O)O)N2CCCN3CCN(CCCN(CC(=O)O)CC3)CC2)cc1. The van der Waals surface area contributed by atoms with Crippen molar-refractivity contribution in [3.05, 3.63) is 71.4 Å². The Hall–Kier alpha value is -5.82. The summed E-state index contributed by atoms with van der Waals surface area (Å²) in [5.74, 6) is -5.67. The van der Waals surface area contributed by atoms with Crippen LogP contribution in [0.4, 0.5) is 0 Å². The molecule has 2 saturated heterocycles. The summed E-state index contributed by atoms with van der Waals surface area (Å²) in [6.45, 7) is 12.7. The van der Waals surface area contributed by atoms with Crippen molar-refractivity contribution in [2.24, 2.45) is 23.5 Å². The Morgan fingerprint density at radius 3 is 2.07 bits per heavy atom. The van der Waals surface area contributed by atoms with Gasteiger partial charge in [0, 0.05) is 120 Å². The molecule has 394 valence electrons. The third-order valence-electron chi connectivity index (χ3n) is 14.5. The number of nitrogens with zero attached hydrogens (tertiary/aromatic N) is 4. The zero-order chi connectivity index (χ0) is 52.2. The van der Waals surface area contributed by atoms with Crippen molar-refractivity contribution < 1.29 is 48.6 Å². The average molecular weight is 999 g/mol. The number of rotatable bonds is 27. The molecule has 72 heavy (non-hydrogen) atoms. The van der Waals surface area contributed by atoms with Gasteiger partial charge in [-0.25, -0.2) is 0 Å². The molecule has 2 bridgehead atoms. The zero-order valence-corrected chi connectivity index (χ0v) is 42.6. The molecule has 2 aliphatic rings. The molecule has 18 heteroatoms. The molecule has 7 N–H and O–H groups in total. The van der Waals surface area contributed by atoms with Crippen LogP contribution in [0.25, 0.3) is 10.9 Å². The monoisotopic (exact) mass is 999 g/mol. The van der Waals surface area contributed by atoms with Gasteiger partial charge >= 0.3 is 11.9 Å². The number of carboxylic acids is 2. The molecule has 1 aromatic heterocycles. The Bertz CT molecular complexity index is 2300. The number of amides is 3. The fourth-order valence-electron chi connectivity index (χ4n) is 9.96. The standard InChI is InChI=1S/C54H78N8O10/c1-4-37(2)51(58-53(70)42(31-38(3)63)32-43-35-56-46-10-6-5-9-45(43)46)48(65)33-41(16-20-49(55)66)52(69)57-34-40-13-11-39(12-14-40)15-17-44(64)18-19-47(54(71)72)62-24-8-22-59-25-26-60(29-30-62)21-7-23-61(28-27-59)36-50(67)68/h5-6,9-14,35,37,41-42,47,51,56H,4,7-8,15-34,36H2,1-3H3,(H2,55,66)(H,57,69)(H,58,70)(H,67,68)(H,71,72)/t37?,41-,42+,47?,51+/m1/s1. The zero-order valence-electron chi connectivity index (χ0n) is 42.6. The van der Waals surface area contributed by atoms with Gasteiger partial charge in [0.15, 0.2) is 5.78 Å². The summed E-state index contributed by atoms with van der Waals surface area (Å²) >= 11 is 0. The van der Waals surface area contributed by atoms with Gasteiger partial charge in [-0.2, -0.15) is 0 Å². The molecule has 0 aliphatic carbocycles.